The molecule has 0 saturated carbocycles. The van der Waals surface area contributed by atoms with E-state index in [0.717, 1.165) is 11.9 Å². The summed E-state index contributed by atoms with van der Waals surface area (Å²) in [6.07, 6.45) is 3.60. The lowest BCUT2D eigenvalue weighted by Gasteiger charge is -1.96. The zero-order chi connectivity index (χ0) is 11.4. The molecule has 0 fully saturated rings. The number of nitro groups is 1. The zero-order valence-electron chi connectivity index (χ0n) is 8.22. The number of nitrogens with zero attached hydrogens (tertiary/aromatic N) is 4. The highest BCUT2D eigenvalue weighted by Crippen LogP contribution is 2.04. The van der Waals surface area contributed by atoms with Crippen molar-refractivity contribution in [2.24, 2.45) is 0 Å². The van der Waals surface area contributed by atoms with E-state index in [-0.39, 0.29) is 0 Å². The molecule has 6 heteroatoms. The van der Waals surface area contributed by atoms with Gasteiger partial charge in [0.05, 0.1) is 16.8 Å². The Morgan fingerprint density at radius 2 is 2.06 bits per heavy atom. The van der Waals surface area contributed by atoms with E-state index in [2.05, 4.69) is 10.2 Å². The minimum absolute atomic E-state index is 0.445. The van der Waals surface area contributed by atoms with Crippen LogP contribution >= 0.6 is 0 Å². The Morgan fingerprint density at radius 1 is 1.31 bits per heavy atom. The van der Waals surface area contributed by atoms with Crippen LogP contribution in [-0.2, 0) is 0 Å². The molecule has 0 aliphatic rings. The van der Waals surface area contributed by atoms with E-state index in [1.165, 1.54) is 17.1 Å². The Balaban J connectivity index is 2.23. The van der Waals surface area contributed by atoms with Crippen molar-refractivity contribution in [1.29, 1.82) is 0 Å². The van der Waals surface area contributed by atoms with Crippen molar-refractivity contribution < 1.29 is 4.92 Å². The van der Waals surface area contributed by atoms with Gasteiger partial charge in [-0.15, -0.1) is 5.10 Å². The smallest absolute Gasteiger partial charge is 0.236 e. The van der Waals surface area contributed by atoms with Gasteiger partial charge >= 0.3 is 0 Å². The second-order valence-corrected chi connectivity index (χ2v) is 3.00. The molecule has 1 aromatic heterocycles. The fraction of sp³-hybridized carbons (Fsp3) is 0. The Labute approximate surface area is 91.0 Å². The molecule has 0 amide bonds. The second-order valence-electron chi connectivity index (χ2n) is 3.00. The summed E-state index contributed by atoms with van der Waals surface area (Å²) >= 11 is 0. The third-order valence-electron chi connectivity index (χ3n) is 1.86. The summed E-state index contributed by atoms with van der Waals surface area (Å²) in [4.78, 5) is 11.0. The summed E-state index contributed by atoms with van der Waals surface area (Å²) in [6.45, 7) is 0. The van der Waals surface area contributed by atoms with Gasteiger partial charge in [-0.2, -0.15) is 9.90 Å². The van der Waals surface area contributed by atoms with Crippen molar-refractivity contribution in [3.63, 3.8) is 0 Å². The van der Waals surface area contributed by atoms with Crippen LogP contribution in [-0.4, -0.2) is 19.9 Å². The Hall–Kier alpha value is -2.50. The molecule has 0 radical (unpaired) electrons. The first kappa shape index (κ1) is 10.0. The molecule has 16 heavy (non-hydrogen) atoms. The van der Waals surface area contributed by atoms with Gasteiger partial charge in [0, 0.05) is 6.08 Å². The van der Waals surface area contributed by atoms with Crippen LogP contribution in [0, 0.1) is 10.1 Å². The summed E-state index contributed by atoms with van der Waals surface area (Å²) in [7, 11) is 0. The molecule has 1 aromatic carbocycles. The van der Waals surface area contributed by atoms with Gasteiger partial charge in [0.25, 0.3) is 0 Å². The topological polar surface area (TPSA) is 73.8 Å². The van der Waals surface area contributed by atoms with Crippen molar-refractivity contribution in [1.82, 2.24) is 15.0 Å². The van der Waals surface area contributed by atoms with Crippen LogP contribution in [0.25, 0.3) is 11.8 Å². The maximum absolute atomic E-state index is 10.1. The molecule has 0 saturated heterocycles. The van der Waals surface area contributed by atoms with Gasteiger partial charge in [-0.05, 0) is 12.1 Å². The van der Waals surface area contributed by atoms with Gasteiger partial charge in [0.1, 0.15) is 5.69 Å². The molecule has 0 aliphatic carbocycles. The first-order valence-electron chi connectivity index (χ1n) is 4.55. The number of benzene rings is 1. The molecular formula is C10H8N4O2. The highest BCUT2D eigenvalue weighted by molar-refractivity contribution is 5.41. The van der Waals surface area contributed by atoms with E-state index in [4.69, 9.17) is 0 Å². The van der Waals surface area contributed by atoms with Gasteiger partial charge in [-0.1, -0.05) is 18.2 Å². The van der Waals surface area contributed by atoms with E-state index in [1.807, 2.05) is 30.3 Å². The van der Waals surface area contributed by atoms with E-state index in [1.54, 1.807) is 0 Å². The maximum atomic E-state index is 10.1. The molecule has 2 rings (SSSR count). The summed E-state index contributed by atoms with van der Waals surface area (Å²) in [5.41, 5.74) is 1.25. The fourth-order valence-corrected chi connectivity index (χ4v) is 1.17. The number of aromatic nitrogens is 3. The molecule has 0 bridgehead atoms. The van der Waals surface area contributed by atoms with Crippen molar-refractivity contribution in [3.8, 4) is 5.69 Å². The van der Waals surface area contributed by atoms with Crippen LogP contribution in [0.15, 0.2) is 42.7 Å². The largest absolute Gasteiger partial charge is 0.259 e. The highest BCUT2D eigenvalue weighted by atomic mass is 16.6. The monoisotopic (exact) mass is 216 g/mol. The molecule has 0 aliphatic heterocycles. The van der Waals surface area contributed by atoms with Crippen LogP contribution in [0.5, 0.6) is 0 Å². The first-order valence-corrected chi connectivity index (χ1v) is 4.55. The minimum Gasteiger partial charge on any atom is -0.259 e. The lowest BCUT2D eigenvalue weighted by atomic mass is 10.3. The van der Waals surface area contributed by atoms with Gasteiger partial charge in [0.15, 0.2) is 0 Å². The van der Waals surface area contributed by atoms with E-state index < -0.39 is 4.92 Å². The van der Waals surface area contributed by atoms with Gasteiger partial charge in [-0.3, -0.25) is 10.1 Å². The predicted molar refractivity (Wildman–Crippen MR) is 57.4 cm³/mol. The average Bonchev–Trinajstić information content (AvgIpc) is 2.76. The minimum atomic E-state index is -0.540. The van der Waals surface area contributed by atoms with Crippen LogP contribution in [0.1, 0.15) is 5.69 Å². The van der Waals surface area contributed by atoms with E-state index in [0.29, 0.717) is 5.69 Å². The summed E-state index contributed by atoms with van der Waals surface area (Å²) < 4.78 is 0. The van der Waals surface area contributed by atoms with Crippen molar-refractivity contribution in [2.75, 3.05) is 0 Å². The molecule has 0 N–H and O–H groups in total. The van der Waals surface area contributed by atoms with Gasteiger partial charge < -0.3 is 0 Å². The first-order chi connectivity index (χ1) is 7.75. The SMILES string of the molecule is O=[N+]([O-])/C=C\c1cnn(-c2ccccc2)n1. The average molecular weight is 216 g/mol. The Bertz CT molecular complexity index is 519. The molecular weight excluding hydrogens is 208 g/mol. The zero-order valence-corrected chi connectivity index (χ0v) is 8.22. The van der Waals surface area contributed by atoms with Gasteiger partial charge in [-0.25, -0.2) is 0 Å². The number of hydrogen-bond donors (Lipinski definition) is 0. The van der Waals surface area contributed by atoms with Crippen LogP contribution in [0.4, 0.5) is 0 Å². The third kappa shape index (κ3) is 2.30. The Morgan fingerprint density at radius 3 is 2.75 bits per heavy atom. The van der Waals surface area contributed by atoms with Gasteiger partial charge in [0.2, 0.25) is 6.20 Å². The van der Waals surface area contributed by atoms with E-state index in [9.17, 15) is 10.1 Å². The second kappa shape index (κ2) is 4.35. The molecule has 0 atom stereocenters. The lowest BCUT2D eigenvalue weighted by molar-refractivity contribution is -0.401. The molecule has 0 unspecified atom stereocenters. The third-order valence-corrected chi connectivity index (χ3v) is 1.86. The lowest BCUT2D eigenvalue weighted by Crippen LogP contribution is -1.97. The number of rotatable bonds is 3. The van der Waals surface area contributed by atoms with Crippen LogP contribution in [0.3, 0.4) is 0 Å². The molecule has 0 spiro atoms. The molecule has 2 aromatic rings. The maximum Gasteiger partial charge on any atom is 0.236 e. The Kier molecular flexibility index (Phi) is 2.73. The van der Waals surface area contributed by atoms with Crippen molar-refractivity contribution >= 4 is 6.08 Å². The van der Waals surface area contributed by atoms with E-state index >= 15 is 0 Å². The quantitative estimate of drug-likeness (QED) is 0.575. The standard InChI is InChI=1S/C10H8N4O2/c15-13(16)7-6-9-8-11-14(12-9)10-4-2-1-3-5-10/h1-8H/b7-6-. The molecule has 6 nitrogen and oxygen atoms in total. The number of para-hydroxylation sites is 1. The summed E-state index contributed by atoms with van der Waals surface area (Å²) in [5.74, 6) is 0. The molecule has 80 valence electrons. The summed E-state index contributed by atoms with van der Waals surface area (Å²) in [5, 5.41) is 18.2. The normalized spacial score (nSPS) is 10.8. The van der Waals surface area contributed by atoms with Crippen LogP contribution < -0.4 is 0 Å². The molecule has 1 heterocycles. The summed E-state index contributed by atoms with van der Waals surface area (Å²) in [6, 6.07) is 9.32. The van der Waals surface area contributed by atoms with Crippen molar-refractivity contribution in [3.05, 3.63) is 58.5 Å². The predicted octanol–water partition coefficient (Wildman–Crippen LogP) is 1.51. The van der Waals surface area contributed by atoms with Crippen LogP contribution in [0.2, 0.25) is 0 Å². The fourth-order valence-electron chi connectivity index (χ4n) is 1.17. The number of hydrogen-bond acceptors (Lipinski definition) is 4. The highest BCUT2D eigenvalue weighted by Gasteiger charge is 2.00. The van der Waals surface area contributed by atoms with Crippen molar-refractivity contribution in [2.45, 2.75) is 0 Å².